The molecule has 1 amide bonds. The summed E-state index contributed by atoms with van der Waals surface area (Å²) in [6, 6.07) is 0. The Balaban J connectivity index is 1.66. The summed E-state index contributed by atoms with van der Waals surface area (Å²) in [4.78, 5) is 14.0. The monoisotopic (exact) mass is 303 g/mol. The normalized spacial score (nSPS) is 29.6. The molecule has 4 heteroatoms. The van der Waals surface area contributed by atoms with Crippen molar-refractivity contribution >= 4 is 21.8 Å². The van der Waals surface area contributed by atoms with E-state index >= 15 is 0 Å². The Morgan fingerprint density at radius 1 is 1.35 bits per heavy atom. The summed E-state index contributed by atoms with van der Waals surface area (Å²) in [5.74, 6) is 0.979. The second kappa shape index (κ2) is 6.74. The fraction of sp³-hybridized carbons (Fsp3) is 0.923. The molecule has 2 fully saturated rings. The van der Waals surface area contributed by atoms with E-state index in [9.17, 15) is 4.79 Å². The summed E-state index contributed by atoms with van der Waals surface area (Å²) in [7, 11) is 0. The highest BCUT2D eigenvalue weighted by Crippen LogP contribution is 2.21. The van der Waals surface area contributed by atoms with Crippen LogP contribution in [0.3, 0.4) is 0 Å². The van der Waals surface area contributed by atoms with E-state index < -0.39 is 0 Å². The molecule has 2 aliphatic rings. The van der Waals surface area contributed by atoms with E-state index in [1.807, 2.05) is 4.90 Å². The molecule has 2 unspecified atom stereocenters. The Kier molecular flexibility index (Phi) is 5.29. The quantitative estimate of drug-likeness (QED) is 0.747. The molecular formula is C13H22BrNO2. The number of alkyl halides is 1. The Morgan fingerprint density at radius 3 is 2.88 bits per heavy atom. The van der Waals surface area contributed by atoms with Crippen molar-refractivity contribution in [1.82, 2.24) is 4.90 Å². The Hall–Kier alpha value is -0.0900. The largest absolute Gasteiger partial charge is 0.378 e. The van der Waals surface area contributed by atoms with E-state index in [0.717, 1.165) is 44.3 Å². The van der Waals surface area contributed by atoms with Gasteiger partial charge in [0, 0.05) is 31.4 Å². The molecule has 0 radical (unpaired) electrons. The van der Waals surface area contributed by atoms with Crippen LogP contribution in [0, 0.1) is 5.92 Å². The van der Waals surface area contributed by atoms with Crippen molar-refractivity contribution in [3.63, 3.8) is 0 Å². The van der Waals surface area contributed by atoms with Crippen molar-refractivity contribution in [2.45, 2.75) is 44.6 Å². The minimum absolute atomic E-state index is 0.322. The van der Waals surface area contributed by atoms with Crippen molar-refractivity contribution < 1.29 is 9.53 Å². The van der Waals surface area contributed by atoms with E-state index in [0.29, 0.717) is 24.3 Å². The molecule has 98 valence electrons. The molecule has 0 N–H and O–H groups in total. The summed E-state index contributed by atoms with van der Waals surface area (Å²) >= 11 is 3.50. The van der Waals surface area contributed by atoms with Crippen LogP contribution in [0.4, 0.5) is 0 Å². The third-order valence-corrected chi connectivity index (χ3v) is 4.73. The molecule has 2 heterocycles. The molecule has 17 heavy (non-hydrogen) atoms. The van der Waals surface area contributed by atoms with Gasteiger partial charge in [-0.2, -0.15) is 0 Å². The van der Waals surface area contributed by atoms with Crippen LogP contribution in [0.1, 0.15) is 38.5 Å². The van der Waals surface area contributed by atoms with Crippen LogP contribution in [-0.4, -0.2) is 41.9 Å². The van der Waals surface area contributed by atoms with Crippen LogP contribution in [0.2, 0.25) is 0 Å². The van der Waals surface area contributed by atoms with Crippen molar-refractivity contribution in [2.75, 3.05) is 25.0 Å². The van der Waals surface area contributed by atoms with Gasteiger partial charge in [0.25, 0.3) is 0 Å². The van der Waals surface area contributed by atoms with Gasteiger partial charge in [0.1, 0.15) is 0 Å². The van der Waals surface area contributed by atoms with Gasteiger partial charge in [-0.3, -0.25) is 4.79 Å². The Bertz CT molecular complexity index is 254. The van der Waals surface area contributed by atoms with E-state index in [2.05, 4.69) is 15.9 Å². The minimum atomic E-state index is 0.322. The van der Waals surface area contributed by atoms with E-state index in [-0.39, 0.29) is 0 Å². The van der Waals surface area contributed by atoms with Crippen molar-refractivity contribution in [3.05, 3.63) is 0 Å². The highest BCUT2D eigenvalue weighted by Gasteiger charge is 2.25. The lowest BCUT2D eigenvalue weighted by Gasteiger charge is -2.23. The first-order valence-electron chi connectivity index (χ1n) is 6.75. The van der Waals surface area contributed by atoms with Gasteiger partial charge >= 0.3 is 0 Å². The zero-order valence-electron chi connectivity index (χ0n) is 10.4. The molecular weight excluding hydrogens is 282 g/mol. The lowest BCUT2D eigenvalue weighted by molar-refractivity contribution is -0.131. The molecule has 2 atom stereocenters. The molecule has 0 aromatic heterocycles. The molecule has 2 rings (SSSR count). The highest BCUT2D eigenvalue weighted by molar-refractivity contribution is 9.09. The smallest absolute Gasteiger partial charge is 0.222 e. The van der Waals surface area contributed by atoms with E-state index in [4.69, 9.17) is 4.74 Å². The Morgan fingerprint density at radius 2 is 2.24 bits per heavy atom. The number of likely N-dealkylation sites (tertiary alicyclic amines) is 1. The number of carbonyl (C=O) groups excluding carboxylic acids is 1. The predicted octanol–water partition coefficient (Wildman–Crippen LogP) is 2.58. The first-order valence-corrected chi connectivity index (χ1v) is 7.87. The second-order valence-corrected chi connectivity index (χ2v) is 5.82. The van der Waals surface area contributed by atoms with Gasteiger partial charge < -0.3 is 9.64 Å². The third kappa shape index (κ3) is 3.95. The molecule has 3 nitrogen and oxygen atoms in total. The minimum Gasteiger partial charge on any atom is -0.378 e. The summed E-state index contributed by atoms with van der Waals surface area (Å²) in [5.41, 5.74) is 0. The van der Waals surface area contributed by atoms with Crippen LogP contribution >= 0.6 is 15.9 Å². The molecule has 0 spiro atoms. The van der Waals surface area contributed by atoms with Gasteiger partial charge in [0.05, 0.1) is 6.10 Å². The fourth-order valence-corrected chi connectivity index (χ4v) is 3.19. The Labute approximate surface area is 112 Å². The second-order valence-electron chi connectivity index (χ2n) is 5.18. The van der Waals surface area contributed by atoms with Crippen LogP contribution in [0.5, 0.6) is 0 Å². The standard InChI is InChI=1S/C13H22BrNO2/c14-9-11-6-7-15(10-11)13(16)5-4-12-3-1-2-8-17-12/h11-12H,1-10H2. The van der Waals surface area contributed by atoms with Gasteiger partial charge in [-0.25, -0.2) is 0 Å². The van der Waals surface area contributed by atoms with Crippen LogP contribution in [0.15, 0.2) is 0 Å². The average Bonchev–Trinajstić information content (AvgIpc) is 2.86. The summed E-state index contributed by atoms with van der Waals surface area (Å²) < 4.78 is 5.66. The first kappa shape index (κ1) is 13.3. The first-order chi connectivity index (χ1) is 8.29. The van der Waals surface area contributed by atoms with E-state index in [1.54, 1.807) is 0 Å². The lowest BCUT2D eigenvalue weighted by Crippen LogP contribution is -2.30. The maximum absolute atomic E-state index is 12.0. The molecule has 0 bridgehead atoms. The topological polar surface area (TPSA) is 29.5 Å². The van der Waals surface area contributed by atoms with Gasteiger partial charge in [-0.1, -0.05) is 15.9 Å². The van der Waals surface area contributed by atoms with Crippen molar-refractivity contribution in [1.29, 1.82) is 0 Å². The fourth-order valence-electron chi connectivity index (χ4n) is 2.66. The number of halogens is 1. The SMILES string of the molecule is O=C(CCC1CCCCO1)N1CCC(CBr)C1. The maximum atomic E-state index is 12.0. The number of ether oxygens (including phenoxy) is 1. The molecule has 0 aromatic rings. The predicted molar refractivity (Wildman–Crippen MR) is 71.3 cm³/mol. The van der Waals surface area contributed by atoms with Crippen molar-refractivity contribution in [3.8, 4) is 0 Å². The molecule has 2 saturated heterocycles. The van der Waals surface area contributed by atoms with Crippen LogP contribution in [-0.2, 0) is 9.53 Å². The number of carbonyl (C=O) groups is 1. The maximum Gasteiger partial charge on any atom is 0.222 e. The number of nitrogens with zero attached hydrogens (tertiary/aromatic N) is 1. The van der Waals surface area contributed by atoms with Crippen LogP contribution < -0.4 is 0 Å². The summed E-state index contributed by atoms with van der Waals surface area (Å²) in [5, 5.41) is 1.02. The van der Waals surface area contributed by atoms with Gasteiger partial charge in [0.2, 0.25) is 5.91 Å². The molecule has 0 aliphatic carbocycles. The molecule has 2 aliphatic heterocycles. The number of rotatable bonds is 4. The summed E-state index contributed by atoms with van der Waals surface area (Å²) in [6.07, 6.45) is 6.64. The third-order valence-electron chi connectivity index (χ3n) is 3.81. The van der Waals surface area contributed by atoms with E-state index in [1.165, 1.54) is 12.8 Å². The molecule has 0 saturated carbocycles. The summed E-state index contributed by atoms with van der Waals surface area (Å²) in [6.45, 7) is 2.77. The lowest BCUT2D eigenvalue weighted by atomic mass is 10.0. The van der Waals surface area contributed by atoms with Crippen molar-refractivity contribution in [2.24, 2.45) is 5.92 Å². The number of hydrogen-bond donors (Lipinski definition) is 0. The van der Waals surface area contributed by atoms with Crippen LogP contribution in [0.25, 0.3) is 0 Å². The zero-order valence-corrected chi connectivity index (χ0v) is 12.0. The zero-order chi connectivity index (χ0) is 12.1. The number of hydrogen-bond acceptors (Lipinski definition) is 2. The highest BCUT2D eigenvalue weighted by atomic mass is 79.9. The van der Waals surface area contributed by atoms with Gasteiger partial charge in [-0.15, -0.1) is 0 Å². The molecule has 0 aromatic carbocycles. The van der Waals surface area contributed by atoms with Gasteiger partial charge in [0.15, 0.2) is 0 Å². The average molecular weight is 304 g/mol. The van der Waals surface area contributed by atoms with Gasteiger partial charge in [-0.05, 0) is 38.0 Å². The number of amides is 1.